The minimum atomic E-state index is 0.230. The molecule has 1 aliphatic carbocycles. The lowest BCUT2D eigenvalue weighted by Gasteiger charge is -2.11. The van der Waals surface area contributed by atoms with Crippen molar-refractivity contribution in [1.82, 2.24) is 0 Å². The molecule has 13 heavy (non-hydrogen) atoms. The zero-order valence-electron chi connectivity index (χ0n) is 7.96. The molecule has 1 aliphatic rings. The minimum Gasteiger partial charge on any atom is -0.118 e. The van der Waals surface area contributed by atoms with Crippen molar-refractivity contribution in [3.63, 3.8) is 0 Å². The van der Waals surface area contributed by atoms with E-state index in [1.54, 1.807) is 0 Å². The van der Waals surface area contributed by atoms with Crippen LogP contribution in [0.3, 0.4) is 0 Å². The first-order valence-corrected chi connectivity index (χ1v) is 5.43. The molecule has 0 radical (unpaired) electrons. The summed E-state index contributed by atoms with van der Waals surface area (Å²) in [5, 5.41) is 0.230. The molecule has 0 aliphatic heterocycles. The maximum Gasteiger partial charge on any atom is 0.0590 e. The number of hydrogen-bond donors (Lipinski definition) is 0. The van der Waals surface area contributed by atoms with E-state index < -0.39 is 0 Å². The van der Waals surface area contributed by atoms with Gasteiger partial charge in [-0.25, -0.2) is 0 Å². The van der Waals surface area contributed by atoms with Gasteiger partial charge in [0.1, 0.15) is 0 Å². The SMILES string of the molecule is CC1CCc2ccccc2C(Cl)C1. The van der Waals surface area contributed by atoms with Crippen LogP contribution in [-0.2, 0) is 6.42 Å². The number of fused-ring (bicyclic) bond motifs is 1. The van der Waals surface area contributed by atoms with Crippen molar-refractivity contribution in [3.8, 4) is 0 Å². The molecule has 0 fully saturated rings. The van der Waals surface area contributed by atoms with Gasteiger partial charge < -0.3 is 0 Å². The highest BCUT2D eigenvalue weighted by molar-refractivity contribution is 6.20. The molecule has 0 nitrogen and oxygen atoms in total. The maximum atomic E-state index is 6.35. The first-order valence-electron chi connectivity index (χ1n) is 4.99. The smallest absolute Gasteiger partial charge is 0.0590 e. The second-order valence-electron chi connectivity index (χ2n) is 4.05. The molecule has 2 unspecified atom stereocenters. The van der Waals surface area contributed by atoms with Gasteiger partial charge in [0.05, 0.1) is 5.38 Å². The summed E-state index contributed by atoms with van der Waals surface area (Å²) in [6, 6.07) is 8.58. The summed E-state index contributed by atoms with van der Waals surface area (Å²) in [4.78, 5) is 0. The van der Waals surface area contributed by atoms with Crippen LogP contribution in [-0.4, -0.2) is 0 Å². The van der Waals surface area contributed by atoms with Crippen LogP contribution in [0.25, 0.3) is 0 Å². The van der Waals surface area contributed by atoms with E-state index in [4.69, 9.17) is 11.6 Å². The van der Waals surface area contributed by atoms with Crippen LogP contribution in [0, 0.1) is 5.92 Å². The standard InChI is InChI=1S/C12H15Cl/c1-9-6-7-10-4-2-3-5-11(10)12(13)8-9/h2-5,9,12H,6-8H2,1H3. The van der Waals surface area contributed by atoms with Crippen LogP contribution in [0.4, 0.5) is 0 Å². The molecule has 0 saturated carbocycles. The van der Waals surface area contributed by atoms with Gasteiger partial charge in [0, 0.05) is 0 Å². The molecule has 0 aromatic heterocycles. The Morgan fingerprint density at radius 1 is 1.31 bits per heavy atom. The molecule has 2 rings (SSSR count). The van der Waals surface area contributed by atoms with Gasteiger partial charge >= 0.3 is 0 Å². The van der Waals surface area contributed by atoms with Crippen LogP contribution in [0.1, 0.15) is 36.3 Å². The van der Waals surface area contributed by atoms with Crippen molar-refractivity contribution in [1.29, 1.82) is 0 Å². The van der Waals surface area contributed by atoms with E-state index >= 15 is 0 Å². The van der Waals surface area contributed by atoms with Crippen molar-refractivity contribution in [2.45, 2.75) is 31.6 Å². The van der Waals surface area contributed by atoms with Crippen LogP contribution < -0.4 is 0 Å². The fourth-order valence-corrected chi connectivity index (χ4v) is 2.58. The van der Waals surface area contributed by atoms with Gasteiger partial charge in [0.15, 0.2) is 0 Å². The molecule has 1 aromatic rings. The number of rotatable bonds is 0. The highest BCUT2D eigenvalue weighted by Crippen LogP contribution is 2.35. The van der Waals surface area contributed by atoms with E-state index in [0.29, 0.717) is 0 Å². The van der Waals surface area contributed by atoms with Crippen molar-refractivity contribution in [3.05, 3.63) is 35.4 Å². The quantitative estimate of drug-likeness (QED) is 0.434. The number of alkyl halides is 1. The van der Waals surface area contributed by atoms with Gasteiger partial charge in [-0.3, -0.25) is 0 Å². The van der Waals surface area contributed by atoms with Gasteiger partial charge in [0.2, 0.25) is 0 Å². The monoisotopic (exact) mass is 194 g/mol. The Morgan fingerprint density at radius 3 is 2.92 bits per heavy atom. The summed E-state index contributed by atoms with van der Waals surface area (Å²) < 4.78 is 0. The average Bonchev–Trinajstić information content (AvgIpc) is 2.27. The average molecular weight is 195 g/mol. The highest BCUT2D eigenvalue weighted by atomic mass is 35.5. The number of benzene rings is 1. The first kappa shape index (κ1) is 9.08. The third-order valence-corrected chi connectivity index (χ3v) is 3.32. The lowest BCUT2D eigenvalue weighted by molar-refractivity contribution is 0.503. The molecule has 70 valence electrons. The van der Waals surface area contributed by atoms with Crippen molar-refractivity contribution < 1.29 is 0 Å². The van der Waals surface area contributed by atoms with Crippen LogP contribution >= 0.6 is 11.6 Å². The Labute approximate surface area is 84.9 Å². The summed E-state index contributed by atoms with van der Waals surface area (Å²) in [5.41, 5.74) is 2.81. The summed E-state index contributed by atoms with van der Waals surface area (Å²) in [6.45, 7) is 2.29. The number of halogens is 1. The fraction of sp³-hybridized carbons (Fsp3) is 0.500. The van der Waals surface area contributed by atoms with Crippen LogP contribution in [0.15, 0.2) is 24.3 Å². The van der Waals surface area contributed by atoms with Gasteiger partial charge in [0.25, 0.3) is 0 Å². The largest absolute Gasteiger partial charge is 0.118 e. The molecule has 2 atom stereocenters. The van der Waals surface area contributed by atoms with Gasteiger partial charge in [-0.2, -0.15) is 0 Å². The lowest BCUT2D eigenvalue weighted by atomic mass is 10.0. The van der Waals surface area contributed by atoms with E-state index in [9.17, 15) is 0 Å². The van der Waals surface area contributed by atoms with E-state index in [-0.39, 0.29) is 5.38 Å². The van der Waals surface area contributed by atoms with E-state index in [0.717, 1.165) is 12.3 Å². The van der Waals surface area contributed by atoms with E-state index in [1.807, 2.05) is 0 Å². The summed E-state index contributed by atoms with van der Waals surface area (Å²) in [6.07, 6.45) is 3.60. The second kappa shape index (κ2) is 3.71. The number of hydrogen-bond acceptors (Lipinski definition) is 0. The first-order chi connectivity index (χ1) is 6.27. The maximum absolute atomic E-state index is 6.35. The summed E-state index contributed by atoms with van der Waals surface area (Å²) in [5.74, 6) is 0.759. The van der Waals surface area contributed by atoms with Gasteiger partial charge in [-0.1, -0.05) is 31.2 Å². The van der Waals surface area contributed by atoms with Gasteiger partial charge in [-0.05, 0) is 36.3 Å². The zero-order valence-corrected chi connectivity index (χ0v) is 8.72. The molecule has 0 bridgehead atoms. The van der Waals surface area contributed by atoms with Crippen LogP contribution in [0.5, 0.6) is 0 Å². The lowest BCUT2D eigenvalue weighted by Crippen LogP contribution is -1.95. The van der Waals surface area contributed by atoms with Crippen molar-refractivity contribution in [2.24, 2.45) is 5.92 Å². The third-order valence-electron chi connectivity index (χ3n) is 2.91. The summed E-state index contributed by atoms with van der Waals surface area (Å²) >= 11 is 6.35. The molecule has 1 aromatic carbocycles. The molecular formula is C12H15Cl. The fourth-order valence-electron chi connectivity index (χ4n) is 2.07. The van der Waals surface area contributed by atoms with Gasteiger partial charge in [-0.15, -0.1) is 11.6 Å². The zero-order chi connectivity index (χ0) is 9.26. The molecular weight excluding hydrogens is 180 g/mol. The molecule has 0 spiro atoms. The molecule has 0 heterocycles. The van der Waals surface area contributed by atoms with Crippen LogP contribution in [0.2, 0.25) is 0 Å². The van der Waals surface area contributed by atoms with E-state index in [1.165, 1.54) is 24.0 Å². The Morgan fingerprint density at radius 2 is 2.08 bits per heavy atom. The normalized spacial score (nSPS) is 27.8. The van der Waals surface area contributed by atoms with Crippen molar-refractivity contribution >= 4 is 11.6 Å². The molecule has 0 saturated heterocycles. The molecule has 0 amide bonds. The Kier molecular flexibility index (Phi) is 2.59. The molecule has 0 N–H and O–H groups in total. The third kappa shape index (κ3) is 1.88. The minimum absolute atomic E-state index is 0.230. The Hall–Kier alpha value is -0.490. The second-order valence-corrected chi connectivity index (χ2v) is 4.57. The Balaban J connectivity index is 2.35. The topological polar surface area (TPSA) is 0 Å². The Bertz CT molecular complexity index is 293. The van der Waals surface area contributed by atoms with E-state index in [2.05, 4.69) is 31.2 Å². The molecule has 1 heteroatoms. The highest BCUT2D eigenvalue weighted by Gasteiger charge is 2.19. The number of aryl methyl sites for hydroxylation is 1. The predicted molar refractivity (Wildman–Crippen MR) is 57.1 cm³/mol. The summed E-state index contributed by atoms with van der Waals surface area (Å²) in [7, 11) is 0. The van der Waals surface area contributed by atoms with Crippen molar-refractivity contribution in [2.75, 3.05) is 0 Å². The predicted octanol–water partition coefficient (Wildman–Crippen LogP) is 3.94.